The monoisotopic (exact) mass is 365 g/mol. The Bertz CT molecular complexity index is 880. The summed E-state index contributed by atoms with van der Waals surface area (Å²) in [5, 5.41) is 7.73. The zero-order chi connectivity index (χ0) is 19.4. The van der Waals surface area contributed by atoms with E-state index >= 15 is 0 Å². The molecule has 2 aromatic heterocycles. The zero-order valence-corrected chi connectivity index (χ0v) is 16.4. The Morgan fingerprint density at radius 3 is 2.52 bits per heavy atom. The summed E-state index contributed by atoms with van der Waals surface area (Å²) in [7, 11) is 0. The van der Waals surface area contributed by atoms with Gasteiger partial charge in [-0.3, -0.25) is 9.48 Å². The molecule has 3 aromatic rings. The number of carbonyl (C=O) groups is 1. The SMILES string of the molecule is Cc1nn(CC(C)C)c(C)c1CC(=O)NC(c1ccccc1)c1ccco1. The van der Waals surface area contributed by atoms with Gasteiger partial charge in [0.1, 0.15) is 11.8 Å². The standard InChI is InChI=1S/C22H27N3O2/c1-15(2)14-25-17(4)19(16(3)24-25)13-21(26)23-22(20-11-8-12-27-20)18-9-6-5-7-10-18/h5-12,15,22H,13-14H2,1-4H3,(H,23,26). The average Bonchev–Trinajstić information content (AvgIpc) is 3.25. The maximum Gasteiger partial charge on any atom is 0.225 e. The van der Waals surface area contributed by atoms with Crippen molar-refractivity contribution in [2.75, 3.05) is 0 Å². The molecule has 142 valence electrons. The van der Waals surface area contributed by atoms with Gasteiger partial charge in [-0.1, -0.05) is 44.2 Å². The molecule has 1 atom stereocenters. The van der Waals surface area contributed by atoms with E-state index in [0.29, 0.717) is 12.3 Å². The van der Waals surface area contributed by atoms with Crippen molar-refractivity contribution in [3.8, 4) is 0 Å². The van der Waals surface area contributed by atoms with Crippen LogP contribution in [0.3, 0.4) is 0 Å². The molecule has 0 fully saturated rings. The van der Waals surface area contributed by atoms with Crippen LogP contribution in [0, 0.1) is 19.8 Å². The minimum Gasteiger partial charge on any atom is -0.467 e. The summed E-state index contributed by atoms with van der Waals surface area (Å²) in [6, 6.07) is 13.3. The molecule has 3 rings (SSSR count). The van der Waals surface area contributed by atoms with Gasteiger partial charge in [-0.15, -0.1) is 0 Å². The number of aryl methyl sites for hydroxylation is 1. The third kappa shape index (κ3) is 4.48. The van der Waals surface area contributed by atoms with Crippen molar-refractivity contribution in [2.45, 2.75) is 46.7 Å². The van der Waals surface area contributed by atoms with Crippen LogP contribution in [0.2, 0.25) is 0 Å². The van der Waals surface area contributed by atoms with Crippen molar-refractivity contribution in [1.82, 2.24) is 15.1 Å². The summed E-state index contributed by atoms with van der Waals surface area (Å²) in [6.45, 7) is 9.18. The maximum atomic E-state index is 12.8. The molecule has 0 saturated heterocycles. The molecule has 0 aliphatic rings. The summed E-state index contributed by atoms with van der Waals surface area (Å²) < 4.78 is 7.57. The first-order valence-electron chi connectivity index (χ1n) is 9.36. The van der Waals surface area contributed by atoms with Crippen molar-refractivity contribution in [1.29, 1.82) is 0 Å². The van der Waals surface area contributed by atoms with Gasteiger partial charge in [-0.2, -0.15) is 5.10 Å². The number of amides is 1. The van der Waals surface area contributed by atoms with Crippen LogP contribution in [0.5, 0.6) is 0 Å². The van der Waals surface area contributed by atoms with E-state index in [0.717, 1.165) is 34.8 Å². The highest BCUT2D eigenvalue weighted by atomic mass is 16.3. The molecular formula is C22H27N3O2. The lowest BCUT2D eigenvalue weighted by molar-refractivity contribution is -0.121. The molecule has 1 aromatic carbocycles. The molecule has 1 unspecified atom stereocenters. The van der Waals surface area contributed by atoms with Gasteiger partial charge in [0, 0.05) is 17.8 Å². The topological polar surface area (TPSA) is 60.1 Å². The van der Waals surface area contributed by atoms with Crippen LogP contribution >= 0.6 is 0 Å². The molecule has 0 saturated carbocycles. The molecule has 0 aliphatic carbocycles. The van der Waals surface area contributed by atoms with E-state index in [1.54, 1.807) is 6.26 Å². The first-order chi connectivity index (χ1) is 13.0. The Hall–Kier alpha value is -2.82. The number of nitrogens with zero attached hydrogens (tertiary/aromatic N) is 2. The Morgan fingerprint density at radius 1 is 1.15 bits per heavy atom. The number of hydrogen-bond donors (Lipinski definition) is 1. The van der Waals surface area contributed by atoms with E-state index in [9.17, 15) is 4.79 Å². The quantitative estimate of drug-likeness (QED) is 0.683. The first-order valence-corrected chi connectivity index (χ1v) is 9.36. The van der Waals surface area contributed by atoms with E-state index in [4.69, 9.17) is 4.42 Å². The van der Waals surface area contributed by atoms with Crippen molar-refractivity contribution >= 4 is 5.91 Å². The number of rotatable bonds is 7. The molecule has 2 heterocycles. The minimum atomic E-state index is -0.306. The fourth-order valence-corrected chi connectivity index (χ4v) is 3.31. The average molecular weight is 365 g/mol. The smallest absolute Gasteiger partial charge is 0.225 e. The molecule has 5 heteroatoms. The lowest BCUT2D eigenvalue weighted by Crippen LogP contribution is -2.30. The Labute approximate surface area is 160 Å². The fraction of sp³-hybridized carbons (Fsp3) is 0.364. The molecule has 1 amide bonds. The van der Waals surface area contributed by atoms with Gasteiger partial charge in [0.05, 0.1) is 18.4 Å². The number of furan rings is 1. The Balaban J connectivity index is 1.79. The summed E-state index contributed by atoms with van der Waals surface area (Å²) in [4.78, 5) is 12.8. The zero-order valence-electron chi connectivity index (χ0n) is 16.4. The second kappa shape index (κ2) is 8.25. The van der Waals surface area contributed by atoms with Crippen LogP contribution < -0.4 is 5.32 Å². The van der Waals surface area contributed by atoms with E-state index in [1.165, 1.54) is 0 Å². The van der Waals surface area contributed by atoms with Crippen LogP contribution in [-0.4, -0.2) is 15.7 Å². The number of hydrogen-bond acceptors (Lipinski definition) is 3. The number of benzene rings is 1. The van der Waals surface area contributed by atoms with Gasteiger partial charge < -0.3 is 9.73 Å². The molecule has 0 spiro atoms. The molecule has 27 heavy (non-hydrogen) atoms. The Morgan fingerprint density at radius 2 is 1.89 bits per heavy atom. The van der Waals surface area contributed by atoms with E-state index < -0.39 is 0 Å². The van der Waals surface area contributed by atoms with E-state index in [1.807, 2.05) is 61.0 Å². The lowest BCUT2D eigenvalue weighted by Gasteiger charge is -2.17. The third-order valence-electron chi connectivity index (χ3n) is 4.67. The molecule has 0 bridgehead atoms. The number of aromatic nitrogens is 2. The van der Waals surface area contributed by atoms with Gasteiger partial charge >= 0.3 is 0 Å². The first kappa shape index (κ1) is 19.0. The van der Waals surface area contributed by atoms with Crippen LogP contribution in [0.4, 0.5) is 0 Å². The molecule has 5 nitrogen and oxygen atoms in total. The second-order valence-corrected chi connectivity index (χ2v) is 7.33. The second-order valence-electron chi connectivity index (χ2n) is 7.33. The fourth-order valence-electron chi connectivity index (χ4n) is 3.31. The van der Waals surface area contributed by atoms with Gasteiger partial charge in [0.2, 0.25) is 5.91 Å². The van der Waals surface area contributed by atoms with Gasteiger partial charge in [-0.25, -0.2) is 0 Å². The van der Waals surface area contributed by atoms with E-state index in [2.05, 4.69) is 24.3 Å². The highest BCUT2D eigenvalue weighted by Gasteiger charge is 2.21. The van der Waals surface area contributed by atoms with Crippen molar-refractivity contribution < 1.29 is 9.21 Å². The normalized spacial score (nSPS) is 12.3. The Kier molecular flexibility index (Phi) is 5.79. The molecule has 0 aliphatic heterocycles. The van der Waals surface area contributed by atoms with Crippen LogP contribution in [0.1, 0.15) is 48.2 Å². The molecule has 0 radical (unpaired) electrons. The van der Waals surface area contributed by atoms with Gasteiger partial charge in [-0.05, 0) is 37.5 Å². The summed E-state index contributed by atoms with van der Waals surface area (Å²) >= 11 is 0. The summed E-state index contributed by atoms with van der Waals surface area (Å²) in [5.74, 6) is 1.18. The minimum absolute atomic E-state index is 0.0458. The summed E-state index contributed by atoms with van der Waals surface area (Å²) in [5.41, 5.74) is 3.97. The van der Waals surface area contributed by atoms with Crippen molar-refractivity contribution in [3.05, 3.63) is 77.0 Å². The lowest BCUT2D eigenvalue weighted by atomic mass is 10.0. The third-order valence-corrected chi connectivity index (χ3v) is 4.67. The van der Waals surface area contributed by atoms with Gasteiger partial charge in [0.25, 0.3) is 0 Å². The molecular weight excluding hydrogens is 338 g/mol. The number of carbonyl (C=O) groups excluding carboxylic acids is 1. The van der Waals surface area contributed by atoms with Crippen molar-refractivity contribution in [3.63, 3.8) is 0 Å². The highest BCUT2D eigenvalue weighted by Crippen LogP contribution is 2.23. The maximum absolute atomic E-state index is 12.8. The van der Waals surface area contributed by atoms with E-state index in [-0.39, 0.29) is 11.9 Å². The molecule has 1 N–H and O–H groups in total. The van der Waals surface area contributed by atoms with Crippen LogP contribution in [0.15, 0.2) is 53.1 Å². The summed E-state index contributed by atoms with van der Waals surface area (Å²) in [6.07, 6.45) is 1.93. The van der Waals surface area contributed by atoms with Crippen molar-refractivity contribution in [2.24, 2.45) is 5.92 Å². The highest BCUT2D eigenvalue weighted by molar-refractivity contribution is 5.80. The predicted octanol–water partition coefficient (Wildman–Crippen LogP) is 4.20. The van der Waals surface area contributed by atoms with Crippen LogP contribution in [0.25, 0.3) is 0 Å². The largest absolute Gasteiger partial charge is 0.467 e. The number of nitrogens with one attached hydrogen (secondary N) is 1. The predicted molar refractivity (Wildman–Crippen MR) is 105 cm³/mol. The van der Waals surface area contributed by atoms with Crippen LogP contribution in [-0.2, 0) is 17.8 Å². The van der Waals surface area contributed by atoms with Gasteiger partial charge in [0.15, 0.2) is 0 Å².